The molecule has 0 saturated heterocycles. The summed E-state index contributed by atoms with van der Waals surface area (Å²) < 4.78 is 7.49. The Morgan fingerprint density at radius 1 is 1.15 bits per heavy atom. The van der Waals surface area contributed by atoms with E-state index in [0.717, 1.165) is 22.3 Å². The number of pyridine rings is 1. The van der Waals surface area contributed by atoms with E-state index in [4.69, 9.17) is 4.74 Å². The number of benzene rings is 1. The Morgan fingerprint density at radius 2 is 2.05 bits per heavy atom. The third-order valence-corrected chi connectivity index (χ3v) is 3.47. The first-order valence-corrected chi connectivity index (χ1v) is 6.40. The summed E-state index contributed by atoms with van der Waals surface area (Å²) in [5, 5.41) is 9.92. The molecule has 4 rings (SSSR count). The third kappa shape index (κ3) is 1.62. The summed E-state index contributed by atoms with van der Waals surface area (Å²) in [7, 11) is 0. The zero-order chi connectivity index (χ0) is 13.5. The maximum Gasteiger partial charge on any atom is 0.225 e. The molecule has 1 atom stereocenters. The van der Waals surface area contributed by atoms with Gasteiger partial charge in [-0.3, -0.25) is 0 Å². The number of nitrogens with zero attached hydrogens (tertiary/aromatic N) is 2. The number of hydrogen-bond acceptors (Lipinski definition) is 3. The van der Waals surface area contributed by atoms with E-state index in [2.05, 4.69) is 4.98 Å². The minimum atomic E-state index is -0.892. The molecule has 0 radical (unpaired) electrons. The molecule has 0 spiro atoms. The molecule has 4 heteroatoms. The summed E-state index contributed by atoms with van der Waals surface area (Å²) in [4.78, 5) is 4.34. The number of rotatable bonds is 1. The van der Waals surface area contributed by atoms with Crippen LogP contribution in [-0.2, 0) is 4.74 Å². The monoisotopic (exact) mass is 264 g/mol. The van der Waals surface area contributed by atoms with Gasteiger partial charge in [-0.1, -0.05) is 24.3 Å². The highest BCUT2D eigenvalue weighted by atomic mass is 16.6. The van der Waals surface area contributed by atoms with Crippen LogP contribution in [0.15, 0.2) is 55.0 Å². The lowest BCUT2D eigenvalue weighted by Crippen LogP contribution is -1.91. The number of aliphatic hydroxyl groups is 1. The molecular formula is C16H12N2O2. The van der Waals surface area contributed by atoms with Crippen LogP contribution in [0.25, 0.3) is 17.5 Å². The highest BCUT2D eigenvalue weighted by Crippen LogP contribution is 2.37. The van der Waals surface area contributed by atoms with E-state index in [1.54, 1.807) is 6.20 Å². The zero-order valence-electron chi connectivity index (χ0n) is 10.6. The summed E-state index contributed by atoms with van der Waals surface area (Å²) >= 11 is 0. The van der Waals surface area contributed by atoms with Crippen LogP contribution in [-0.4, -0.2) is 14.5 Å². The molecule has 1 N–H and O–H groups in total. The highest BCUT2D eigenvalue weighted by Gasteiger charge is 2.25. The summed E-state index contributed by atoms with van der Waals surface area (Å²) in [6, 6.07) is 11.6. The van der Waals surface area contributed by atoms with Gasteiger partial charge in [-0.2, -0.15) is 0 Å². The fraction of sp³-hybridized carbons (Fsp3) is 0.0625. The molecule has 3 heterocycles. The quantitative estimate of drug-likeness (QED) is 0.735. The Kier molecular flexibility index (Phi) is 2.37. The number of fused-ring (bicyclic) bond motifs is 2. The predicted octanol–water partition coefficient (Wildman–Crippen LogP) is 2.85. The lowest BCUT2D eigenvalue weighted by atomic mass is 10.1. The number of aliphatic hydroxyl groups excluding tert-OH is 1. The van der Waals surface area contributed by atoms with Gasteiger partial charge in [0.2, 0.25) is 6.29 Å². The molecule has 1 aromatic carbocycles. The maximum absolute atomic E-state index is 9.92. The Bertz CT molecular complexity index is 820. The molecule has 1 aliphatic rings. The molecular weight excluding hydrogens is 252 g/mol. The zero-order valence-corrected chi connectivity index (χ0v) is 10.6. The molecule has 0 aliphatic carbocycles. The molecule has 1 unspecified atom stereocenters. The molecule has 1 aliphatic heterocycles. The van der Waals surface area contributed by atoms with Gasteiger partial charge in [0.25, 0.3) is 0 Å². The number of aromatic nitrogens is 2. The molecule has 0 amide bonds. The van der Waals surface area contributed by atoms with Crippen LogP contribution in [0.2, 0.25) is 0 Å². The van der Waals surface area contributed by atoms with Gasteiger partial charge in [0, 0.05) is 35.3 Å². The van der Waals surface area contributed by atoms with Crippen molar-refractivity contribution in [2.24, 2.45) is 0 Å². The van der Waals surface area contributed by atoms with Gasteiger partial charge in [-0.25, -0.2) is 4.98 Å². The van der Waals surface area contributed by atoms with Crippen molar-refractivity contribution >= 4 is 17.5 Å². The second-order valence-electron chi connectivity index (χ2n) is 4.69. The standard InChI is InChI=1S/C16H12N2O2/c19-16-13-6-2-1-5-12(13)14(20-16)10-11-4-3-8-18-9-7-17-15(11)18/h1-10,16,19H. The number of imidazole rings is 1. The average Bonchev–Trinajstić information content (AvgIpc) is 3.06. The number of ether oxygens (including phenoxy) is 1. The second kappa shape index (κ2) is 4.21. The van der Waals surface area contributed by atoms with Gasteiger partial charge >= 0.3 is 0 Å². The Balaban J connectivity index is 1.88. The van der Waals surface area contributed by atoms with Crippen LogP contribution in [0.3, 0.4) is 0 Å². The van der Waals surface area contributed by atoms with Crippen LogP contribution < -0.4 is 0 Å². The van der Waals surface area contributed by atoms with Gasteiger partial charge < -0.3 is 14.2 Å². The van der Waals surface area contributed by atoms with Crippen molar-refractivity contribution < 1.29 is 9.84 Å². The summed E-state index contributed by atoms with van der Waals surface area (Å²) in [6.07, 6.45) is 6.63. The minimum absolute atomic E-state index is 0.671. The smallest absolute Gasteiger partial charge is 0.225 e. The van der Waals surface area contributed by atoms with Crippen molar-refractivity contribution in [2.75, 3.05) is 0 Å². The van der Waals surface area contributed by atoms with Gasteiger partial charge in [0.1, 0.15) is 11.4 Å². The fourth-order valence-corrected chi connectivity index (χ4v) is 2.52. The molecule has 0 bridgehead atoms. The van der Waals surface area contributed by atoms with Crippen LogP contribution >= 0.6 is 0 Å². The van der Waals surface area contributed by atoms with Gasteiger partial charge in [-0.05, 0) is 18.2 Å². The van der Waals surface area contributed by atoms with E-state index in [0.29, 0.717) is 5.76 Å². The molecule has 0 fully saturated rings. The molecule has 0 saturated carbocycles. The molecule has 2 aromatic heterocycles. The van der Waals surface area contributed by atoms with Crippen molar-refractivity contribution in [1.29, 1.82) is 0 Å². The van der Waals surface area contributed by atoms with Crippen molar-refractivity contribution in [3.63, 3.8) is 0 Å². The van der Waals surface area contributed by atoms with Crippen molar-refractivity contribution in [1.82, 2.24) is 9.38 Å². The SMILES string of the molecule is OC1OC(=Cc2cccn3ccnc23)c2ccccc21. The lowest BCUT2D eigenvalue weighted by Gasteiger charge is -2.04. The average molecular weight is 264 g/mol. The first-order chi connectivity index (χ1) is 9.83. The Labute approximate surface area is 115 Å². The Morgan fingerprint density at radius 3 is 3.00 bits per heavy atom. The molecule has 98 valence electrons. The molecule has 20 heavy (non-hydrogen) atoms. The van der Waals surface area contributed by atoms with Gasteiger partial charge in [0.05, 0.1) is 0 Å². The largest absolute Gasteiger partial charge is 0.460 e. The van der Waals surface area contributed by atoms with E-state index in [1.807, 2.05) is 59.3 Å². The van der Waals surface area contributed by atoms with Gasteiger partial charge in [0.15, 0.2) is 0 Å². The molecule has 4 nitrogen and oxygen atoms in total. The second-order valence-corrected chi connectivity index (χ2v) is 4.69. The van der Waals surface area contributed by atoms with Crippen LogP contribution in [0.5, 0.6) is 0 Å². The predicted molar refractivity (Wildman–Crippen MR) is 75.5 cm³/mol. The highest BCUT2D eigenvalue weighted by molar-refractivity contribution is 5.84. The van der Waals surface area contributed by atoms with E-state index < -0.39 is 6.29 Å². The van der Waals surface area contributed by atoms with Crippen LogP contribution in [0, 0.1) is 0 Å². The van der Waals surface area contributed by atoms with E-state index in [1.165, 1.54) is 0 Å². The normalized spacial score (nSPS) is 19.2. The first kappa shape index (κ1) is 11.3. The van der Waals surface area contributed by atoms with Crippen molar-refractivity contribution in [3.05, 3.63) is 71.7 Å². The van der Waals surface area contributed by atoms with Crippen molar-refractivity contribution in [3.8, 4) is 0 Å². The maximum atomic E-state index is 9.92. The van der Waals surface area contributed by atoms with Crippen LogP contribution in [0.1, 0.15) is 23.0 Å². The summed E-state index contributed by atoms with van der Waals surface area (Å²) in [6.45, 7) is 0. The van der Waals surface area contributed by atoms with E-state index in [-0.39, 0.29) is 0 Å². The minimum Gasteiger partial charge on any atom is -0.460 e. The summed E-state index contributed by atoms with van der Waals surface area (Å²) in [5.41, 5.74) is 3.54. The van der Waals surface area contributed by atoms with Crippen molar-refractivity contribution in [2.45, 2.75) is 6.29 Å². The fourth-order valence-electron chi connectivity index (χ4n) is 2.52. The summed E-state index contributed by atoms with van der Waals surface area (Å²) in [5.74, 6) is 0.671. The van der Waals surface area contributed by atoms with Crippen LogP contribution in [0.4, 0.5) is 0 Å². The molecule has 3 aromatic rings. The third-order valence-electron chi connectivity index (χ3n) is 3.47. The lowest BCUT2D eigenvalue weighted by molar-refractivity contribution is -0.0289. The van der Waals surface area contributed by atoms with E-state index >= 15 is 0 Å². The van der Waals surface area contributed by atoms with Gasteiger partial charge in [-0.15, -0.1) is 0 Å². The topological polar surface area (TPSA) is 46.8 Å². The Hall–Kier alpha value is -2.59. The van der Waals surface area contributed by atoms with E-state index in [9.17, 15) is 5.11 Å². The number of hydrogen-bond donors (Lipinski definition) is 1. The first-order valence-electron chi connectivity index (χ1n) is 6.40.